The fourth-order valence-electron chi connectivity index (χ4n) is 1.88. The molecule has 0 atom stereocenters. The van der Waals surface area contributed by atoms with Crippen molar-refractivity contribution >= 4 is 0 Å². The van der Waals surface area contributed by atoms with Gasteiger partial charge in [0, 0.05) is 0 Å². The highest BCUT2D eigenvalue weighted by Gasteiger charge is 2.05. The van der Waals surface area contributed by atoms with Crippen LogP contribution >= 0.6 is 0 Å². The zero-order valence-corrected chi connectivity index (χ0v) is 13.4. The van der Waals surface area contributed by atoms with E-state index in [4.69, 9.17) is 14.6 Å². The van der Waals surface area contributed by atoms with Crippen molar-refractivity contribution in [3.8, 4) is 23.0 Å². The molecule has 2 aromatic carbocycles. The first-order chi connectivity index (χ1) is 10.6. The van der Waals surface area contributed by atoms with Gasteiger partial charge in [-0.15, -0.1) is 0 Å². The van der Waals surface area contributed by atoms with Crippen LogP contribution in [-0.4, -0.2) is 24.4 Å². The summed E-state index contributed by atoms with van der Waals surface area (Å²) in [7, 11) is 3.16. The molecule has 4 heteroatoms. The van der Waals surface area contributed by atoms with Crippen molar-refractivity contribution in [2.75, 3.05) is 14.2 Å². The van der Waals surface area contributed by atoms with Crippen molar-refractivity contribution in [2.24, 2.45) is 0 Å². The minimum atomic E-state index is 0.260. The zero-order chi connectivity index (χ0) is 16.4. The Morgan fingerprint density at radius 2 is 1.59 bits per heavy atom. The van der Waals surface area contributed by atoms with Crippen molar-refractivity contribution in [3.05, 3.63) is 48.0 Å². The molecule has 22 heavy (non-hydrogen) atoms. The molecule has 0 radical (unpaired) electrons. The standard InChI is InChI=1S/C11H16O2.C7H8O2/c1-3-4-6-9-7-5-8-10(13-2)11(9)12;1-9-7-4-2-6(8)3-5-7/h5,7-8,12H,3-4,6H2,1-2H3;2-5,8H,1H3. The monoisotopic (exact) mass is 304 g/mol. The predicted octanol–water partition coefficient (Wildman–Crippen LogP) is 4.14. The summed E-state index contributed by atoms with van der Waals surface area (Å²) in [5.74, 6) is 1.87. The minimum absolute atomic E-state index is 0.260. The van der Waals surface area contributed by atoms with Gasteiger partial charge in [-0.25, -0.2) is 0 Å². The SMILES string of the molecule is CCCCc1cccc(OC)c1O.COc1ccc(O)cc1. The summed E-state index contributed by atoms with van der Waals surface area (Å²) in [4.78, 5) is 0. The van der Waals surface area contributed by atoms with Gasteiger partial charge in [0.15, 0.2) is 11.5 Å². The number of aromatic hydroxyl groups is 2. The van der Waals surface area contributed by atoms with Crippen LogP contribution in [-0.2, 0) is 6.42 Å². The molecule has 0 aliphatic carbocycles. The number of benzene rings is 2. The number of phenols is 2. The Morgan fingerprint density at radius 3 is 2.14 bits per heavy atom. The van der Waals surface area contributed by atoms with Crippen molar-refractivity contribution in [2.45, 2.75) is 26.2 Å². The molecule has 4 nitrogen and oxygen atoms in total. The molecular weight excluding hydrogens is 280 g/mol. The van der Waals surface area contributed by atoms with Gasteiger partial charge in [0.05, 0.1) is 14.2 Å². The summed E-state index contributed by atoms with van der Waals surface area (Å²) >= 11 is 0. The van der Waals surface area contributed by atoms with E-state index in [9.17, 15) is 5.11 Å². The summed E-state index contributed by atoms with van der Waals surface area (Å²) in [6, 6.07) is 12.2. The van der Waals surface area contributed by atoms with Gasteiger partial charge < -0.3 is 19.7 Å². The van der Waals surface area contributed by atoms with Gasteiger partial charge in [0.2, 0.25) is 0 Å². The van der Waals surface area contributed by atoms with Gasteiger partial charge in [-0.2, -0.15) is 0 Å². The Kier molecular flexibility index (Phi) is 7.68. The number of ether oxygens (including phenoxy) is 2. The van der Waals surface area contributed by atoms with E-state index in [0.717, 1.165) is 30.6 Å². The second kappa shape index (κ2) is 9.55. The van der Waals surface area contributed by atoms with Gasteiger partial charge in [-0.05, 0) is 48.7 Å². The predicted molar refractivity (Wildman–Crippen MR) is 87.9 cm³/mol. The van der Waals surface area contributed by atoms with E-state index >= 15 is 0 Å². The van der Waals surface area contributed by atoms with Crippen molar-refractivity contribution in [1.82, 2.24) is 0 Å². The lowest BCUT2D eigenvalue weighted by Crippen LogP contribution is -1.89. The Morgan fingerprint density at radius 1 is 0.909 bits per heavy atom. The highest BCUT2D eigenvalue weighted by molar-refractivity contribution is 5.45. The van der Waals surface area contributed by atoms with Crippen LogP contribution in [0.4, 0.5) is 0 Å². The van der Waals surface area contributed by atoms with E-state index in [1.807, 2.05) is 12.1 Å². The number of hydrogen-bond acceptors (Lipinski definition) is 4. The number of unbranched alkanes of at least 4 members (excludes halogenated alkanes) is 1. The number of rotatable bonds is 5. The largest absolute Gasteiger partial charge is 0.508 e. The number of hydrogen-bond donors (Lipinski definition) is 2. The van der Waals surface area contributed by atoms with Gasteiger partial charge >= 0.3 is 0 Å². The van der Waals surface area contributed by atoms with E-state index in [2.05, 4.69) is 6.92 Å². The summed E-state index contributed by atoms with van der Waals surface area (Å²) in [6.07, 6.45) is 3.15. The molecule has 2 N–H and O–H groups in total. The van der Waals surface area contributed by atoms with Gasteiger partial charge in [0.25, 0.3) is 0 Å². The van der Waals surface area contributed by atoms with Crippen LogP contribution in [0.2, 0.25) is 0 Å². The lowest BCUT2D eigenvalue weighted by molar-refractivity contribution is 0.370. The molecule has 0 aromatic heterocycles. The van der Waals surface area contributed by atoms with Crippen LogP contribution in [0.5, 0.6) is 23.0 Å². The van der Waals surface area contributed by atoms with Gasteiger partial charge in [0.1, 0.15) is 11.5 Å². The topological polar surface area (TPSA) is 58.9 Å². The molecule has 0 aliphatic heterocycles. The Labute approximate surface area is 131 Å². The molecule has 0 spiro atoms. The average molecular weight is 304 g/mol. The van der Waals surface area contributed by atoms with Crippen LogP contribution < -0.4 is 9.47 Å². The van der Waals surface area contributed by atoms with Crippen LogP contribution in [0.25, 0.3) is 0 Å². The summed E-state index contributed by atoms with van der Waals surface area (Å²) < 4.78 is 9.87. The maximum atomic E-state index is 9.69. The third-order valence-electron chi connectivity index (χ3n) is 3.17. The van der Waals surface area contributed by atoms with Crippen LogP contribution in [0.1, 0.15) is 25.3 Å². The number of methoxy groups -OCH3 is 2. The fraction of sp³-hybridized carbons (Fsp3) is 0.333. The number of para-hydroxylation sites is 1. The van der Waals surface area contributed by atoms with Crippen LogP contribution in [0.3, 0.4) is 0 Å². The third-order valence-corrected chi connectivity index (χ3v) is 3.17. The molecule has 0 saturated heterocycles. The molecule has 0 amide bonds. The van der Waals surface area contributed by atoms with E-state index in [1.54, 1.807) is 44.6 Å². The number of aryl methyl sites for hydroxylation is 1. The molecule has 2 rings (SSSR count). The number of phenolic OH excluding ortho intramolecular Hbond substituents is 2. The van der Waals surface area contributed by atoms with Gasteiger partial charge in [-0.1, -0.05) is 25.5 Å². The van der Waals surface area contributed by atoms with E-state index in [-0.39, 0.29) is 5.75 Å². The molecule has 0 saturated carbocycles. The van der Waals surface area contributed by atoms with Crippen molar-refractivity contribution in [3.63, 3.8) is 0 Å². The summed E-state index contributed by atoms with van der Waals surface area (Å²) in [6.45, 7) is 2.14. The molecule has 120 valence electrons. The van der Waals surface area contributed by atoms with E-state index < -0.39 is 0 Å². The zero-order valence-electron chi connectivity index (χ0n) is 13.4. The maximum Gasteiger partial charge on any atom is 0.160 e. The first kappa shape index (κ1) is 17.7. The highest BCUT2D eigenvalue weighted by Crippen LogP contribution is 2.30. The molecule has 0 unspecified atom stereocenters. The highest BCUT2D eigenvalue weighted by atomic mass is 16.5. The minimum Gasteiger partial charge on any atom is -0.508 e. The lowest BCUT2D eigenvalue weighted by atomic mass is 10.1. The van der Waals surface area contributed by atoms with E-state index in [1.165, 1.54) is 0 Å². The molecule has 0 heterocycles. The molecule has 2 aromatic rings. The Hall–Kier alpha value is -2.36. The van der Waals surface area contributed by atoms with Crippen LogP contribution in [0.15, 0.2) is 42.5 Å². The average Bonchev–Trinajstić information content (AvgIpc) is 2.55. The Balaban J connectivity index is 0.000000235. The molecule has 0 fully saturated rings. The normalized spacial score (nSPS) is 9.59. The van der Waals surface area contributed by atoms with Crippen LogP contribution in [0, 0.1) is 0 Å². The first-order valence-electron chi connectivity index (χ1n) is 7.30. The second-order valence-electron chi connectivity index (χ2n) is 4.77. The third kappa shape index (κ3) is 5.56. The Bertz CT molecular complexity index is 550. The molecule has 0 bridgehead atoms. The van der Waals surface area contributed by atoms with Gasteiger partial charge in [-0.3, -0.25) is 0 Å². The lowest BCUT2D eigenvalue weighted by Gasteiger charge is -2.07. The fourth-order valence-corrected chi connectivity index (χ4v) is 1.88. The van der Waals surface area contributed by atoms with E-state index in [0.29, 0.717) is 11.5 Å². The molecule has 0 aliphatic rings. The van der Waals surface area contributed by atoms with Crippen molar-refractivity contribution < 1.29 is 19.7 Å². The summed E-state index contributed by atoms with van der Waals surface area (Å²) in [5.41, 5.74) is 0.973. The quantitative estimate of drug-likeness (QED) is 0.871. The smallest absolute Gasteiger partial charge is 0.160 e. The second-order valence-corrected chi connectivity index (χ2v) is 4.77. The van der Waals surface area contributed by atoms with Crippen molar-refractivity contribution in [1.29, 1.82) is 0 Å². The maximum absolute atomic E-state index is 9.69. The summed E-state index contributed by atoms with van der Waals surface area (Å²) in [5, 5.41) is 18.5. The molecular formula is C18H24O4. The first-order valence-corrected chi connectivity index (χ1v) is 7.30.